The average Bonchev–Trinajstić information content (AvgIpc) is 3.13. The first kappa shape index (κ1) is 20.7. The normalized spacial score (nSPS) is 11.3. The van der Waals surface area contributed by atoms with Gasteiger partial charge in [-0.05, 0) is 43.7 Å². The second kappa shape index (κ2) is 7.74. The number of amides is 1. The van der Waals surface area contributed by atoms with E-state index in [9.17, 15) is 9.59 Å². The molecule has 0 aliphatic heterocycles. The van der Waals surface area contributed by atoms with Crippen molar-refractivity contribution in [3.8, 4) is 5.69 Å². The zero-order valence-electron chi connectivity index (χ0n) is 19.0. The number of benzene rings is 3. The first-order chi connectivity index (χ1) is 15.9. The smallest absolute Gasteiger partial charge is 0.296 e. The topological polar surface area (TPSA) is 60.1 Å². The van der Waals surface area contributed by atoms with Crippen LogP contribution in [0, 0.1) is 13.8 Å². The van der Waals surface area contributed by atoms with E-state index < -0.39 is 0 Å². The predicted octanol–water partition coefficient (Wildman–Crippen LogP) is 4.77. The Morgan fingerprint density at radius 2 is 1.58 bits per heavy atom. The maximum absolute atomic E-state index is 13.9. The van der Waals surface area contributed by atoms with Gasteiger partial charge in [0, 0.05) is 36.1 Å². The summed E-state index contributed by atoms with van der Waals surface area (Å²) in [4.78, 5) is 29.1. The van der Waals surface area contributed by atoms with Crippen LogP contribution in [0.25, 0.3) is 27.5 Å². The average molecular weight is 437 g/mol. The first-order valence-electron chi connectivity index (χ1n) is 10.8. The van der Waals surface area contributed by atoms with Crippen LogP contribution in [0.5, 0.6) is 0 Å². The van der Waals surface area contributed by atoms with Crippen LogP contribution in [0.3, 0.4) is 0 Å². The van der Waals surface area contributed by atoms with Crippen LogP contribution >= 0.6 is 0 Å². The van der Waals surface area contributed by atoms with Gasteiger partial charge in [-0.3, -0.25) is 9.59 Å². The number of hydrogen-bond donors (Lipinski definition) is 0. The van der Waals surface area contributed by atoms with Gasteiger partial charge < -0.3 is 9.47 Å². The number of rotatable bonds is 3. The van der Waals surface area contributed by atoms with Crippen molar-refractivity contribution in [3.05, 3.63) is 100.0 Å². The molecular weight excluding hydrogens is 412 g/mol. The molecule has 0 spiro atoms. The summed E-state index contributed by atoms with van der Waals surface area (Å²) in [5.74, 6) is -0.272. The summed E-state index contributed by atoms with van der Waals surface area (Å²) in [5, 5.41) is 6.05. The Morgan fingerprint density at radius 3 is 2.30 bits per heavy atom. The maximum atomic E-state index is 13.9. The Bertz CT molecular complexity index is 1590. The molecule has 33 heavy (non-hydrogen) atoms. The summed E-state index contributed by atoms with van der Waals surface area (Å²) < 4.78 is 3.18. The molecule has 5 rings (SSSR count). The van der Waals surface area contributed by atoms with Crippen molar-refractivity contribution in [1.82, 2.24) is 14.3 Å². The van der Waals surface area contributed by atoms with Crippen molar-refractivity contribution in [2.75, 3.05) is 11.9 Å². The molecule has 0 N–H and O–H groups in total. The fraction of sp³-hybridized carbons (Fsp3) is 0.148. The zero-order valence-corrected chi connectivity index (χ0v) is 19.0. The fourth-order valence-electron chi connectivity index (χ4n) is 4.40. The minimum atomic E-state index is -0.272. The molecule has 0 saturated carbocycles. The number of aromatic nitrogens is 3. The lowest BCUT2D eigenvalue weighted by atomic mass is 10.1. The van der Waals surface area contributed by atoms with Gasteiger partial charge in [-0.15, -0.1) is 0 Å². The van der Waals surface area contributed by atoms with Crippen molar-refractivity contribution in [1.29, 1.82) is 0 Å². The van der Waals surface area contributed by atoms with E-state index in [4.69, 9.17) is 0 Å². The molecule has 0 atom stereocenters. The monoisotopic (exact) mass is 436 g/mol. The zero-order chi connectivity index (χ0) is 23.3. The summed E-state index contributed by atoms with van der Waals surface area (Å²) in [6.07, 6.45) is 0. The number of fused-ring (bicyclic) bond motifs is 3. The fourth-order valence-corrected chi connectivity index (χ4v) is 4.40. The minimum Gasteiger partial charge on any atom is -0.339 e. The molecule has 5 aromatic rings. The van der Waals surface area contributed by atoms with E-state index >= 15 is 0 Å². The van der Waals surface area contributed by atoms with Gasteiger partial charge in [0.1, 0.15) is 5.52 Å². The minimum absolute atomic E-state index is 0.243. The number of carbonyl (C=O) groups is 1. The van der Waals surface area contributed by atoms with Gasteiger partial charge in [-0.2, -0.15) is 9.78 Å². The highest BCUT2D eigenvalue weighted by Gasteiger charge is 2.26. The summed E-state index contributed by atoms with van der Waals surface area (Å²) in [5.41, 5.74) is 4.78. The Hall–Kier alpha value is -4.19. The number of carbonyl (C=O) groups excluding carboxylic acids is 1. The predicted molar refractivity (Wildman–Crippen MR) is 132 cm³/mol. The first-order valence-corrected chi connectivity index (χ1v) is 10.8. The molecular formula is C27H24N4O2. The standard InChI is InChI=1S/C27H24N4O2/c1-17-13-15-19(16-14-17)31-27(33)25-23(20-10-6-8-12-22(20)29(25)3)24(28-31)26(32)30(4)21-11-7-5-9-18(21)2/h5-16H,1-4H3. The molecule has 6 nitrogen and oxygen atoms in total. The summed E-state index contributed by atoms with van der Waals surface area (Å²) in [6, 6.07) is 23.0. The van der Waals surface area contributed by atoms with Gasteiger partial charge in [0.15, 0.2) is 5.69 Å². The number of hydrogen-bond acceptors (Lipinski definition) is 3. The Kier molecular flexibility index (Phi) is 4.86. The molecule has 0 aliphatic rings. The lowest BCUT2D eigenvalue weighted by Crippen LogP contribution is -2.32. The van der Waals surface area contributed by atoms with Gasteiger partial charge in [-0.1, -0.05) is 54.1 Å². The number of aryl methyl sites for hydroxylation is 3. The van der Waals surface area contributed by atoms with Gasteiger partial charge >= 0.3 is 0 Å². The van der Waals surface area contributed by atoms with Crippen molar-refractivity contribution in [2.24, 2.45) is 7.05 Å². The third kappa shape index (κ3) is 3.22. The van der Waals surface area contributed by atoms with Crippen molar-refractivity contribution >= 4 is 33.4 Å². The number of nitrogens with zero attached hydrogens (tertiary/aromatic N) is 4. The van der Waals surface area contributed by atoms with Gasteiger partial charge in [0.25, 0.3) is 11.5 Å². The van der Waals surface area contributed by atoms with Gasteiger partial charge in [-0.25, -0.2) is 0 Å². The molecule has 0 saturated heterocycles. The van der Waals surface area contributed by atoms with Gasteiger partial charge in [0.2, 0.25) is 0 Å². The summed E-state index contributed by atoms with van der Waals surface area (Å²) in [6.45, 7) is 3.95. The molecule has 0 fully saturated rings. The Balaban J connectivity index is 1.85. The Labute approximate surface area is 191 Å². The second-order valence-corrected chi connectivity index (χ2v) is 8.35. The second-order valence-electron chi connectivity index (χ2n) is 8.35. The van der Waals surface area contributed by atoms with E-state index in [1.165, 1.54) is 4.68 Å². The van der Waals surface area contributed by atoms with Crippen LogP contribution < -0.4 is 10.5 Å². The van der Waals surface area contributed by atoms with Crippen LogP contribution in [-0.4, -0.2) is 27.3 Å². The molecule has 2 heterocycles. The van der Waals surface area contributed by atoms with Crippen LogP contribution in [0.4, 0.5) is 5.69 Å². The molecule has 0 radical (unpaired) electrons. The number of anilines is 1. The molecule has 3 aromatic carbocycles. The third-order valence-electron chi connectivity index (χ3n) is 6.20. The molecule has 0 bridgehead atoms. The van der Waals surface area contributed by atoms with E-state index in [0.717, 1.165) is 27.7 Å². The summed E-state index contributed by atoms with van der Waals surface area (Å²) in [7, 11) is 3.59. The molecule has 2 aromatic heterocycles. The SMILES string of the molecule is Cc1ccc(-n2nc(C(=O)N(C)c3ccccc3C)c3c4ccccc4n(C)c3c2=O)cc1. The maximum Gasteiger partial charge on any atom is 0.296 e. The van der Waals surface area contributed by atoms with Crippen LogP contribution in [0.15, 0.2) is 77.6 Å². The third-order valence-corrected chi connectivity index (χ3v) is 6.20. The Morgan fingerprint density at radius 1 is 0.909 bits per heavy atom. The van der Waals surface area contributed by atoms with Crippen molar-refractivity contribution in [2.45, 2.75) is 13.8 Å². The lowest BCUT2D eigenvalue weighted by molar-refractivity contribution is 0.0988. The van der Waals surface area contributed by atoms with E-state index in [-0.39, 0.29) is 17.2 Å². The van der Waals surface area contributed by atoms with Crippen molar-refractivity contribution < 1.29 is 4.79 Å². The molecule has 0 unspecified atom stereocenters. The molecule has 0 aliphatic carbocycles. The highest BCUT2D eigenvalue weighted by Crippen LogP contribution is 2.30. The highest BCUT2D eigenvalue weighted by atomic mass is 16.2. The van der Waals surface area contributed by atoms with Crippen LogP contribution in [0.2, 0.25) is 0 Å². The largest absolute Gasteiger partial charge is 0.339 e. The molecule has 1 amide bonds. The van der Waals surface area contributed by atoms with Gasteiger partial charge in [0.05, 0.1) is 5.69 Å². The van der Waals surface area contributed by atoms with E-state index in [2.05, 4.69) is 5.10 Å². The quantitative estimate of drug-likeness (QED) is 0.409. The molecule has 6 heteroatoms. The summed E-state index contributed by atoms with van der Waals surface area (Å²) >= 11 is 0. The van der Waals surface area contributed by atoms with Crippen LogP contribution in [0.1, 0.15) is 21.6 Å². The molecule has 164 valence electrons. The van der Waals surface area contributed by atoms with E-state index in [1.54, 1.807) is 11.9 Å². The van der Waals surface area contributed by atoms with E-state index in [1.807, 2.05) is 98.3 Å². The van der Waals surface area contributed by atoms with E-state index in [0.29, 0.717) is 16.6 Å². The lowest BCUT2D eigenvalue weighted by Gasteiger charge is -2.20. The van der Waals surface area contributed by atoms with Crippen molar-refractivity contribution in [3.63, 3.8) is 0 Å². The van der Waals surface area contributed by atoms with Crippen LogP contribution in [-0.2, 0) is 7.05 Å². The number of para-hydroxylation sites is 2. The highest BCUT2D eigenvalue weighted by molar-refractivity contribution is 6.20.